The van der Waals surface area contributed by atoms with E-state index in [0.29, 0.717) is 0 Å². The maximum absolute atomic E-state index is 8.47. The molecule has 1 atom stereocenters. The second-order valence-corrected chi connectivity index (χ2v) is 1.50. The van der Waals surface area contributed by atoms with Crippen LogP contribution in [0, 0.1) is 0 Å². The molecule has 0 saturated carbocycles. The van der Waals surface area contributed by atoms with Gasteiger partial charge in [-0.15, -0.1) is 0 Å². The summed E-state index contributed by atoms with van der Waals surface area (Å²) in [6.07, 6.45) is -0.738. The zero-order chi connectivity index (χ0) is 5.70. The molecule has 0 saturated heterocycles. The minimum absolute atomic E-state index is 0. The van der Waals surface area contributed by atoms with Gasteiger partial charge in [0.1, 0.15) is 0 Å². The van der Waals surface area contributed by atoms with Crippen LogP contribution in [0.25, 0.3) is 0 Å². The predicted molar refractivity (Wildman–Crippen MR) is 32.0 cm³/mol. The van der Waals surface area contributed by atoms with E-state index < -0.39 is 6.10 Å². The first-order valence-corrected chi connectivity index (χ1v) is 2.39. The first-order chi connectivity index (χ1) is 3.31. The molecule has 0 bridgehead atoms. The summed E-state index contributed by atoms with van der Waals surface area (Å²) in [6, 6.07) is 0. The number of aliphatic hydroxyl groups excluding tert-OH is 2. The van der Waals surface area contributed by atoms with Crippen LogP contribution >= 0.6 is 0 Å². The maximum atomic E-state index is 8.47. The fourth-order valence-electron chi connectivity index (χ4n) is 0.164. The predicted octanol–water partition coefficient (Wildman–Crippen LogP) is -3.21. The van der Waals surface area contributed by atoms with Gasteiger partial charge in [0.25, 0.3) is 0 Å². The van der Waals surface area contributed by atoms with Gasteiger partial charge in [-0.1, -0.05) is 0 Å². The van der Waals surface area contributed by atoms with Crippen LogP contribution in [0.2, 0.25) is 0 Å². The van der Waals surface area contributed by atoms with Crippen LogP contribution in [0.5, 0.6) is 0 Å². The minimum atomic E-state index is -0.738. The van der Waals surface area contributed by atoms with Crippen LogP contribution in [-0.4, -0.2) is 57.1 Å². The highest BCUT2D eigenvalue weighted by molar-refractivity contribution is 5.97. The molecule has 0 aliphatic carbocycles. The van der Waals surface area contributed by atoms with E-state index in [0.717, 1.165) is 0 Å². The maximum Gasteiger partial charge on any atom is 0.369 e. The Kier molecular flexibility index (Phi) is 20.1. The molecule has 5 nitrogen and oxygen atoms in total. The molecule has 0 spiro atoms. The normalized spacial score (nSPS) is 10.9. The van der Waals surface area contributed by atoms with Gasteiger partial charge in [-0.2, -0.15) is 0 Å². The average Bonchev–Trinajstić information content (AvgIpc) is 1.68. The zero-order valence-electron chi connectivity index (χ0n) is 4.87. The lowest BCUT2D eigenvalue weighted by Crippen LogP contribution is -2.18. The molecule has 0 aliphatic rings. The molecule has 0 amide bonds. The van der Waals surface area contributed by atoms with Crippen LogP contribution < -0.4 is 0 Å². The fourth-order valence-corrected chi connectivity index (χ4v) is 0.386. The molecule has 56 valence electrons. The number of hydrogen-bond donors (Lipinski definition) is 2. The van der Waals surface area contributed by atoms with Gasteiger partial charge in [-0.3, -0.25) is 0 Å². The van der Waals surface area contributed by atoms with Crippen LogP contribution in [-0.2, 0) is 3.79 Å². The number of hydrogen-bond acceptors (Lipinski definition) is 3. The lowest BCUT2D eigenvalue weighted by molar-refractivity contribution is 0.0565. The summed E-state index contributed by atoms with van der Waals surface area (Å²) in [5.74, 6) is 0. The Morgan fingerprint density at radius 3 is 2.00 bits per heavy atom. The van der Waals surface area contributed by atoms with E-state index in [1.54, 1.807) is 0 Å². The summed E-state index contributed by atoms with van der Waals surface area (Å²) >= 11 is 1.98. The summed E-state index contributed by atoms with van der Waals surface area (Å²) in [6.45, 7) is -0.0738. The summed E-state index contributed by atoms with van der Waals surface area (Å²) < 4.78 is 4.40. The fraction of sp³-hybridized carbons (Fsp3) is 1.00. The molecule has 1 unspecified atom stereocenters. The zero-order valence-corrected chi connectivity index (χ0v) is 6.03. The summed E-state index contributed by atoms with van der Waals surface area (Å²) in [7, 11) is 0. The molecular weight excluding hydrogens is 143 g/mol. The van der Waals surface area contributed by atoms with Gasteiger partial charge >= 0.3 is 16.6 Å². The second-order valence-electron chi connectivity index (χ2n) is 1.17. The van der Waals surface area contributed by atoms with Crippen LogP contribution in [0.4, 0.5) is 0 Å². The molecular formula is C3H11AlO5. The third-order valence-electron chi connectivity index (χ3n) is 0.499. The molecule has 0 rings (SSSR count). The summed E-state index contributed by atoms with van der Waals surface area (Å²) in [5, 5.41) is 16.6. The molecule has 9 heavy (non-hydrogen) atoms. The molecule has 6 heteroatoms. The summed E-state index contributed by atoms with van der Waals surface area (Å²) in [5.41, 5.74) is 0. The summed E-state index contributed by atoms with van der Waals surface area (Å²) in [4.78, 5) is 0. The van der Waals surface area contributed by atoms with E-state index in [-0.39, 0.29) is 24.2 Å². The second kappa shape index (κ2) is 11.2. The van der Waals surface area contributed by atoms with Gasteiger partial charge < -0.3 is 25.0 Å². The minimum Gasteiger partial charge on any atom is -0.514 e. The van der Waals surface area contributed by atoms with Crippen molar-refractivity contribution in [2.24, 2.45) is 0 Å². The SMILES string of the molecule is O.O.OCC(O)C[O][Al]. The van der Waals surface area contributed by atoms with Crippen molar-refractivity contribution >= 4 is 16.6 Å². The third kappa shape index (κ3) is 11.8. The molecule has 6 N–H and O–H groups in total. The number of rotatable bonds is 3. The van der Waals surface area contributed by atoms with E-state index in [2.05, 4.69) is 3.79 Å². The smallest absolute Gasteiger partial charge is 0.369 e. The first kappa shape index (κ1) is 16.2. The van der Waals surface area contributed by atoms with Crippen molar-refractivity contribution in [2.75, 3.05) is 13.2 Å². The topological polar surface area (TPSA) is 113 Å². The van der Waals surface area contributed by atoms with Crippen LogP contribution in [0.1, 0.15) is 0 Å². The van der Waals surface area contributed by atoms with E-state index in [4.69, 9.17) is 10.2 Å². The lowest BCUT2D eigenvalue weighted by atomic mass is 10.4. The highest BCUT2D eigenvalue weighted by atomic mass is 27.1. The van der Waals surface area contributed by atoms with E-state index >= 15 is 0 Å². The van der Waals surface area contributed by atoms with Crippen LogP contribution in [0.15, 0.2) is 0 Å². The molecule has 0 aromatic carbocycles. The standard InChI is InChI=1S/C3H7O3.Al.2H2O/c4-1-3(6)2-5;;;/h3-4,6H,1-2H2;;2*1H2/q-1;+1;;. The lowest BCUT2D eigenvalue weighted by Gasteiger charge is -2.03. The third-order valence-corrected chi connectivity index (χ3v) is 0.692. The Balaban J connectivity index is -0.000000180. The highest BCUT2D eigenvalue weighted by Gasteiger charge is 1.95. The molecule has 0 aromatic heterocycles. The highest BCUT2D eigenvalue weighted by Crippen LogP contribution is 1.77. The molecule has 2 radical (unpaired) electrons. The molecule has 0 aliphatic heterocycles. The Labute approximate surface area is 61.6 Å². The van der Waals surface area contributed by atoms with Crippen molar-refractivity contribution in [3.63, 3.8) is 0 Å². The van der Waals surface area contributed by atoms with Gasteiger partial charge in [0, 0.05) is 6.61 Å². The monoisotopic (exact) mass is 154 g/mol. The quantitative estimate of drug-likeness (QED) is 0.417. The van der Waals surface area contributed by atoms with Crippen molar-refractivity contribution in [3.05, 3.63) is 0 Å². The first-order valence-electron chi connectivity index (χ1n) is 1.92. The van der Waals surface area contributed by atoms with Gasteiger partial charge in [0.05, 0.1) is 12.7 Å². The van der Waals surface area contributed by atoms with E-state index in [9.17, 15) is 0 Å². The van der Waals surface area contributed by atoms with Crippen molar-refractivity contribution in [2.45, 2.75) is 6.10 Å². The Morgan fingerprint density at radius 2 is 1.89 bits per heavy atom. The van der Waals surface area contributed by atoms with Gasteiger partial charge in [-0.05, 0) is 0 Å². The largest absolute Gasteiger partial charge is 0.514 e. The molecule has 0 fully saturated rings. The molecule has 0 heterocycles. The van der Waals surface area contributed by atoms with Gasteiger partial charge in [0.2, 0.25) is 0 Å². The van der Waals surface area contributed by atoms with Gasteiger partial charge in [0.15, 0.2) is 0 Å². The van der Waals surface area contributed by atoms with E-state index in [1.807, 2.05) is 16.6 Å². The van der Waals surface area contributed by atoms with Crippen molar-refractivity contribution in [1.82, 2.24) is 0 Å². The Hall–Kier alpha value is 0.332. The van der Waals surface area contributed by atoms with Gasteiger partial charge in [-0.25, -0.2) is 0 Å². The molecule has 0 aromatic rings. The van der Waals surface area contributed by atoms with Crippen molar-refractivity contribution in [1.29, 1.82) is 0 Å². The number of aliphatic hydroxyl groups is 2. The van der Waals surface area contributed by atoms with Crippen LogP contribution in [0.3, 0.4) is 0 Å². The van der Waals surface area contributed by atoms with Crippen molar-refractivity contribution in [3.8, 4) is 0 Å². The average molecular weight is 154 g/mol. The van der Waals surface area contributed by atoms with E-state index in [1.165, 1.54) is 0 Å². The van der Waals surface area contributed by atoms with Crippen molar-refractivity contribution < 1.29 is 25.0 Å². The Bertz CT molecular complexity index is 43.2. The Morgan fingerprint density at radius 1 is 1.44 bits per heavy atom.